The van der Waals surface area contributed by atoms with Crippen molar-refractivity contribution in [2.24, 2.45) is 0 Å². The van der Waals surface area contributed by atoms with Crippen LogP contribution in [0.15, 0.2) is 41.8 Å². The number of amides is 1. The molecular formula is C19H26N4O3S2. The Kier molecular flexibility index (Phi) is 6.79. The summed E-state index contributed by atoms with van der Waals surface area (Å²) in [5, 5.41) is 0.866. The molecule has 1 fully saturated rings. The van der Waals surface area contributed by atoms with Crippen LogP contribution in [0.2, 0.25) is 0 Å². The summed E-state index contributed by atoms with van der Waals surface area (Å²) in [6, 6.07) is 7.42. The fourth-order valence-corrected chi connectivity index (χ4v) is 5.32. The first-order valence-corrected chi connectivity index (χ1v) is 12.3. The molecule has 2 aromatic rings. The van der Waals surface area contributed by atoms with Gasteiger partial charge in [-0.15, -0.1) is 0 Å². The first-order valence-electron chi connectivity index (χ1n) is 9.40. The lowest BCUT2D eigenvalue weighted by Crippen LogP contribution is -2.47. The molecular weight excluding hydrogens is 396 g/mol. The van der Waals surface area contributed by atoms with Crippen molar-refractivity contribution < 1.29 is 13.2 Å². The zero-order valence-corrected chi connectivity index (χ0v) is 17.8. The summed E-state index contributed by atoms with van der Waals surface area (Å²) in [5.74, 6) is 0.119. The van der Waals surface area contributed by atoms with Crippen molar-refractivity contribution in [2.75, 3.05) is 25.1 Å². The molecule has 1 N–H and O–H groups in total. The first kappa shape index (κ1) is 20.9. The SMILES string of the molecule is CCCS(=O)(=O)NC1CCN(C(=O)c2cccc(-n3ccnc3SC)c2)CC1. The van der Waals surface area contributed by atoms with Gasteiger partial charge in [0.1, 0.15) is 0 Å². The molecule has 1 aliphatic heterocycles. The van der Waals surface area contributed by atoms with Gasteiger partial charge in [-0.05, 0) is 43.7 Å². The molecule has 0 atom stereocenters. The molecule has 28 heavy (non-hydrogen) atoms. The van der Waals surface area contributed by atoms with Crippen molar-refractivity contribution >= 4 is 27.7 Å². The molecule has 1 saturated heterocycles. The number of piperidine rings is 1. The highest BCUT2D eigenvalue weighted by atomic mass is 32.2. The molecule has 0 saturated carbocycles. The lowest BCUT2D eigenvalue weighted by molar-refractivity contribution is 0.0711. The third kappa shape index (κ3) is 4.95. The molecule has 3 rings (SSSR count). The van der Waals surface area contributed by atoms with Gasteiger partial charge in [-0.1, -0.05) is 24.8 Å². The largest absolute Gasteiger partial charge is 0.339 e. The van der Waals surface area contributed by atoms with Gasteiger partial charge in [-0.2, -0.15) is 0 Å². The Morgan fingerprint density at radius 3 is 2.75 bits per heavy atom. The maximum atomic E-state index is 12.9. The standard InChI is InChI=1S/C19H26N4O3S2/c1-3-13-28(25,26)21-16-7-10-22(11-8-16)18(24)15-5-4-6-17(14-15)23-12-9-20-19(23)27-2/h4-6,9,12,14,16,21H,3,7-8,10-11,13H2,1-2H3. The van der Waals surface area contributed by atoms with Crippen LogP contribution in [0.4, 0.5) is 0 Å². The summed E-state index contributed by atoms with van der Waals surface area (Å²) in [5.41, 5.74) is 1.53. The van der Waals surface area contributed by atoms with Gasteiger partial charge in [0.2, 0.25) is 10.0 Å². The van der Waals surface area contributed by atoms with Gasteiger partial charge in [0.15, 0.2) is 5.16 Å². The molecule has 1 aliphatic rings. The highest BCUT2D eigenvalue weighted by Gasteiger charge is 2.26. The number of likely N-dealkylation sites (tertiary alicyclic amines) is 1. The summed E-state index contributed by atoms with van der Waals surface area (Å²) >= 11 is 1.55. The van der Waals surface area contributed by atoms with Gasteiger partial charge >= 0.3 is 0 Å². The minimum Gasteiger partial charge on any atom is -0.339 e. The van der Waals surface area contributed by atoms with Gasteiger partial charge < -0.3 is 4.90 Å². The van der Waals surface area contributed by atoms with Crippen molar-refractivity contribution in [2.45, 2.75) is 37.4 Å². The Labute approximate surface area is 170 Å². The molecule has 2 heterocycles. The average Bonchev–Trinajstić information content (AvgIpc) is 3.16. The molecule has 0 aliphatic carbocycles. The Morgan fingerprint density at radius 1 is 1.32 bits per heavy atom. The molecule has 152 valence electrons. The first-order chi connectivity index (χ1) is 13.4. The molecule has 0 radical (unpaired) electrons. The number of carbonyl (C=O) groups is 1. The quantitative estimate of drug-likeness (QED) is 0.693. The topological polar surface area (TPSA) is 84.3 Å². The third-order valence-electron chi connectivity index (χ3n) is 4.76. The zero-order valence-electron chi connectivity index (χ0n) is 16.2. The fraction of sp³-hybridized carbons (Fsp3) is 0.474. The van der Waals surface area contributed by atoms with Crippen molar-refractivity contribution in [3.05, 3.63) is 42.2 Å². The highest BCUT2D eigenvalue weighted by molar-refractivity contribution is 7.98. The number of thioether (sulfide) groups is 1. The highest BCUT2D eigenvalue weighted by Crippen LogP contribution is 2.21. The molecule has 0 spiro atoms. The number of hydrogen-bond donors (Lipinski definition) is 1. The van der Waals surface area contributed by atoms with Crippen molar-refractivity contribution in [3.63, 3.8) is 0 Å². The summed E-state index contributed by atoms with van der Waals surface area (Å²) in [7, 11) is -3.22. The van der Waals surface area contributed by atoms with E-state index in [4.69, 9.17) is 0 Å². The Bertz CT molecular complexity index is 919. The summed E-state index contributed by atoms with van der Waals surface area (Å²) in [4.78, 5) is 19.0. The Morgan fingerprint density at radius 2 is 2.07 bits per heavy atom. The minimum atomic E-state index is -3.22. The fourth-order valence-electron chi connectivity index (χ4n) is 3.39. The van der Waals surface area contributed by atoms with E-state index < -0.39 is 10.0 Å². The van der Waals surface area contributed by atoms with Crippen LogP contribution in [-0.2, 0) is 10.0 Å². The number of nitrogens with one attached hydrogen (secondary N) is 1. The monoisotopic (exact) mass is 422 g/mol. The summed E-state index contributed by atoms with van der Waals surface area (Å²) < 4.78 is 28.6. The lowest BCUT2D eigenvalue weighted by atomic mass is 10.0. The van der Waals surface area contributed by atoms with E-state index >= 15 is 0 Å². The minimum absolute atomic E-state index is 0.0254. The van der Waals surface area contributed by atoms with Crippen molar-refractivity contribution in [3.8, 4) is 5.69 Å². The van der Waals surface area contributed by atoms with Crippen LogP contribution in [0.25, 0.3) is 5.69 Å². The molecule has 1 aromatic heterocycles. The van der Waals surface area contributed by atoms with E-state index in [1.807, 2.05) is 48.2 Å². The van der Waals surface area contributed by atoms with Crippen molar-refractivity contribution in [1.82, 2.24) is 19.2 Å². The van der Waals surface area contributed by atoms with E-state index in [2.05, 4.69) is 9.71 Å². The van der Waals surface area contributed by atoms with Crippen LogP contribution in [0, 0.1) is 0 Å². The number of rotatable bonds is 7. The van der Waals surface area contributed by atoms with E-state index in [0.717, 1.165) is 10.8 Å². The van der Waals surface area contributed by atoms with Gasteiger partial charge in [-0.3, -0.25) is 9.36 Å². The van der Waals surface area contributed by atoms with E-state index in [9.17, 15) is 13.2 Å². The predicted octanol–water partition coefficient (Wildman–Crippen LogP) is 2.53. The summed E-state index contributed by atoms with van der Waals surface area (Å²) in [6.45, 7) is 2.94. The predicted molar refractivity (Wildman–Crippen MR) is 111 cm³/mol. The number of carbonyl (C=O) groups excluding carboxylic acids is 1. The second kappa shape index (κ2) is 9.11. The lowest BCUT2D eigenvalue weighted by Gasteiger charge is -2.32. The van der Waals surface area contributed by atoms with Crippen molar-refractivity contribution in [1.29, 1.82) is 0 Å². The van der Waals surface area contributed by atoms with Gasteiger partial charge in [0, 0.05) is 42.8 Å². The molecule has 0 unspecified atom stereocenters. The van der Waals surface area contributed by atoms with Crippen LogP contribution in [-0.4, -0.2) is 59.9 Å². The van der Waals surface area contributed by atoms with Gasteiger partial charge in [0.05, 0.1) is 5.75 Å². The van der Waals surface area contributed by atoms with Gasteiger partial charge in [0.25, 0.3) is 5.91 Å². The number of hydrogen-bond acceptors (Lipinski definition) is 5. The number of sulfonamides is 1. The molecule has 7 nitrogen and oxygen atoms in total. The number of benzene rings is 1. The number of aromatic nitrogens is 2. The van der Waals surface area contributed by atoms with Crippen LogP contribution < -0.4 is 4.72 Å². The Balaban J connectivity index is 1.65. The maximum absolute atomic E-state index is 12.9. The summed E-state index contributed by atoms with van der Waals surface area (Å²) in [6.07, 6.45) is 7.44. The van der Waals surface area contributed by atoms with Crippen LogP contribution in [0.3, 0.4) is 0 Å². The second-order valence-electron chi connectivity index (χ2n) is 6.84. The molecule has 1 aromatic carbocycles. The smallest absolute Gasteiger partial charge is 0.253 e. The second-order valence-corrected chi connectivity index (χ2v) is 9.48. The van der Waals surface area contributed by atoms with E-state index in [0.29, 0.717) is 37.9 Å². The number of nitrogens with zero attached hydrogens (tertiary/aromatic N) is 3. The van der Waals surface area contributed by atoms with E-state index in [1.54, 1.807) is 22.9 Å². The molecule has 0 bridgehead atoms. The van der Waals surface area contributed by atoms with Crippen LogP contribution >= 0.6 is 11.8 Å². The van der Waals surface area contributed by atoms with Crippen LogP contribution in [0.1, 0.15) is 36.5 Å². The molecule has 9 heteroatoms. The third-order valence-corrected chi connectivity index (χ3v) is 7.07. The Hall–Kier alpha value is -1.84. The van der Waals surface area contributed by atoms with Crippen LogP contribution in [0.5, 0.6) is 0 Å². The molecule has 1 amide bonds. The van der Waals surface area contributed by atoms with Gasteiger partial charge in [-0.25, -0.2) is 18.1 Å². The zero-order chi connectivity index (χ0) is 20.1. The number of imidazole rings is 1. The normalized spacial score (nSPS) is 15.7. The van der Waals surface area contributed by atoms with E-state index in [-0.39, 0.29) is 17.7 Å². The maximum Gasteiger partial charge on any atom is 0.253 e. The van der Waals surface area contributed by atoms with E-state index in [1.165, 1.54) is 0 Å². The average molecular weight is 423 g/mol.